The fourth-order valence-corrected chi connectivity index (χ4v) is 7.14. The Hall–Kier alpha value is -1.84. The van der Waals surface area contributed by atoms with Gasteiger partial charge in [-0.2, -0.15) is 0 Å². The van der Waals surface area contributed by atoms with E-state index in [1.54, 1.807) is 11.6 Å². The molecule has 27 heavy (non-hydrogen) atoms. The summed E-state index contributed by atoms with van der Waals surface area (Å²) in [5.74, 6) is 1.82. The number of oxime groups is 1. The number of hydrogen-bond acceptors (Lipinski definition) is 4. The molecule has 2 unspecified atom stereocenters. The van der Waals surface area contributed by atoms with Gasteiger partial charge < -0.3 is 9.94 Å². The minimum atomic E-state index is -0.201. The second-order valence-electron chi connectivity index (χ2n) is 9.71. The van der Waals surface area contributed by atoms with E-state index in [0.29, 0.717) is 23.9 Å². The Morgan fingerprint density at radius 1 is 1.19 bits per heavy atom. The van der Waals surface area contributed by atoms with Crippen LogP contribution in [0.25, 0.3) is 0 Å². The van der Waals surface area contributed by atoms with Gasteiger partial charge in [-0.3, -0.25) is 0 Å². The Morgan fingerprint density at radius 2 is 2.04 bits per heavy atom. The first-order chi connectivity index (χ1) is 13.0. The molecule has 0 saturated heterocycles. The molecule has 0 spiro atoms. The Morgan fingerprint density at radius 3 is 2.78 bits per heavy atom. The van der Waals surface area contributed by atoms with Crippen molar-refractivity contribution in [2.45, 2.75) is 58.8 Å². The van der Waals surface area contributed by atoms with Gasteiger partial charge in [0, 0.05) is 17.1 Å². The Labute approximate surface area is 161 Å². The number of carbonyl (C=O) groups excluding carboxylic acids is 1. The minimum absolute atomic E-state index is 0.0660. The van der Waals surface area contributed by atoms with Crippen LogP contribution < -0.4 is 0 Å². The van der Waals surface area contributed by atoms with Crippen LogP contribution in [0.15, 0.2) is 40.1 Å². The van der Waals surface area contributed by atoms with Gasteiger partial charge in [0.05, 0.1) is 5.71 Å². The average Bonchev–Trinajstić information content (AvgIpc) is 3.23. The highest BCUT2D eigenvalue weighted by Crippen LogP contribution is 2.65. The molecule has 144 valence electrons. The molecule has 4 aliphatic carbocycles. The summed E-state index contributed by atoms with van der Waals surface area (Å²) in [5.41, 5.74) is 5.40. The highest BCUT2D eigenvalue weighted by molar-refractivity contribution is 5.87. The van der Waals surface area contributed by atoms with Crippen LogP contribution in [0, 0.1) is 28.6 Å². The molecule has 3 fully saturated rings. The molecule has 1 N–H and O–H groups in total. The first kappa shape index (κ1) is 17.3. The second kappa shape index (κ2) is 5.83. The zero-order valence-electron chi connectivity index (χ0n) is 16.3. The summed E-state index contributed by atoms with van der Waals surface area (Å²) >= 11 is 0. The third kappa shape index (κ3) is 2.34. The maximum atomic E-state index is 11.6. The van der Waals surface area contributed by atoms with Crippen molar-refractivity contribution in [2.24, 2.45) is 33.7 Å². The number of nitrogens with zero attached hydrogens (tertiary/aromatic N) is 1. The lowest BCUT2D eigenvalue weighted by Crippen LogP contribution is -2.51. The van der Waals surface area contributed by atoms with Crippen molar-refractivity contribution in [3.05, 3.63) is 34.9 Å². The Balaban J connectivity index is 1.43. The van der Waals surface area contributed by atoms with Crippen molar-refractivity contribution in [3.8, 4) is 0 Å². The standard InChI is InChI=1S/C23H29NO3/c1-22-9-7-16(24-26)12-15(22)3-4-17-19-6-5-18(14-11-21(25)27-13-14)23(19,2)10-8-20(17)22/h5-6,11,15,17,20,26H,3-4,7-10,12-13H2,1-2H3/b24-16+/t15?,17?,20-,22-,23+/m0/s1. The maximum absolute atomic E-state index is 11.6. The summed E-state index contributed by atoms with van der Waals surface area (Å²) < 4.78 is 5.19. The number of allylic oxidation sites excluding steroid dienone is 3. The number of fused-ring (bicyclic) bond motifs is 5. The van der Waals surface area contributed by atoms with Crippen molar-refractivity contribution in [1.29, 1.82) is 0 Å². The molecule has 0 bridgehead atoms. The summed E-state index contributed by atoms with van der Waals surface area (Å²) in [5, 5.41) is 12.8. The molecule has 0 aromatic heterocycles. The first-order valence-corrected chi connectivity index (χ1v) is 10.5. The quantitative estimate of drug-likeness (QED) is 0.411. The van der Waals surface area contributed by atoms with Crippen molar-refractivity contribution in [1.82, 2.24) is 0 Å². The fraction of sp³-hybridized carbons (Fsp3) is 0.652. The van der Waals surface area contributed by atoms with Gasteiger partial charge in [-0.25, -0.2) is 4.79 Å². The first-order valence-electron chi connectivity index (χ1n) is 10.5. The molecule has 3 saturated carbocycles. The van der Waals surface area contributed by atoms with Gasteiger partial charge >= 0.3 is 5.97 Å². The van der Waals surface area contributed by atoms with Crippen molar-refractivity contribution < 1.29 is 14.7 Å². The van der Waals surface area contributed by atoms with E-state index in [1.165, 1.54) is 24.8 Å². The predicted octanol–water partition coefficient (Wildman–Crippen LogP) is 4.80. The maximum Gasteiger partial charge on any atom is 0.331 e. The van der Waals surface area contributed by atoms with Gasteiger partial charge in [0.15, 0.2) is 0 Å². The molecule has 0 radical (unpaired) electrons. The van der Waals surface area contributed by atoms with E-state index in [4.69, 9.17) is 4.74 Å². The predicted molar refractivity (Wildman–Crippen MR) is 103 cm³/mol. The molecule has 1 heterocycles. The van der Waals surface area contributed by atoms with Crippen molar-refractivity contribution in [3.63, 3.8) is 0 Å². The SMILES string of the molecule is C[C@]12CC[C@H]3C(CCC4C/C(=N/O)CC[C@@]43C)C1=CC=C2C1=CC(=O)OC1. The Kier molecular flexibility index (Phi) is 3.73. The van der Waals surface area contributed by atoms with Crippen molar-refractivity contribution >= 4 is 11.7 Å². The minimum Gasteiger partial charge on any atom is -0.458 e. The molecule has 0 amide bonds. The highest BCUT2D eigenvalue weighted by Gasteiger charge is 2.56. The van der Waals surface area contributed by atoms with E-state index >= 15 is 0 Å². The number of ether oxygens (including phenoxy) is 1. The lowest BCUT2D eigenvalue weighted by Gasteiger charge is -2.58. The van der Waals surface area contributed by atoms with Crippen LogP contribution >= 0.6 is 0 Å². The zero-order valence-corrected chi connectivity index (χ0v) is 16.3. The summed E-state index contributed by atoms with van der Waals surface area (Å²) in [6, 6.07) is 0. The van der Waals surface area contributed by atoms with E-state index in [1.807, 2.05) is 0 Å². The largest absolute Gasteiger partial charge is 0.458 e. The van der Waals surface area contributed by atoms with E-state index in [2.05, 4.69) is 31.2 Å². The summed E-state index contributed by atoms with van der Waals surface area (Å²) in [7, 11) is 0. The molecule has 4 nitrogen and oxygen atoms in total. The zero-order chi connectivity index (χ0) is 18.8. The molecule has 0 aromatic rings. The number of hydrogen-bond donors (Lipinski definition) is 1. The summed E-state index contributed by atoms with van der Waals surface area (Å²) in [6.45, 7) is 5.31. The topological polar surface area (TPSA) is 58.9 Å². The number of cyclic esters (lactones) is 1. The third-order valence-electron chi connectivity index (χ3n) is 8.69. The molecule has 1 aliphatic heterocycles. The molecule has 5 rings (SSSR count). The van der Waals surface area contributed by atoms with Crippen LogP contribution in [0.3, 0.4) is 0 Å². The molecule has 0 aromatic carbocycles. The molecular formula is C23H29NO3. The van der Waals surface area contributed by atoms with E-state index < -0.39 is 0 Å². The molecule has 4 heteroatoms. The smallest absolute Gasteiger partial charge is 0.331 e. The van der Waals surface area contributed by atoms with Crippen LogP contribution in [-0.4, -0.2) is 23.5 Å². The van der Waals surface area contributed by atoms with Gasteiger partial charge in [-0.1, -0.05) is 36.7 Å². The van der Waals surface area contributed by atoms with Crippen LogP contribution in [0.4, 0.5) is 0 Å². The number of carbonyl (C=O) groups is 1. The van der Waals surface area contributed by atoms with Gasteiger partial charge in [0.1, 0.15) is 6.61 Å². The molecule has 5 aliphatic rings. The van der Waals surface area contributed by atoms with Crippen LogP contribution in [0.1, 0.15) is 58.8 Å². The third-order valence-corrected chi connectivity index (χ3v) is 8.69. The summed E-state index contributed by atoms with van der Waals surface area (Å²) in [4.78, 5) is 11.6. The van der Waals surface area contributed by atoms with Gasteiger partial charge in [-0.05, 0) is 73.7 Å². The van der Waals surface area contributed by atoms with E-state index in [9.17, 15) is 10.0 Å². The van der Waals surface area contributed by atoms with E-state index in [-0.39, 0.29) is 11.4 Å². The Bertz CT molecular complexity index is 819. The van der Waals surface area contributed by atoms with Crippen LogP contribution in [0.5, 0.6) is 0 Å². The van der Waals surface area contributed by atoms with Crippen molar-refractivity contribution in [2.75, 3.05) is 6.61 Å². The highest BCUT2D eigenvalue weighted by atomic mass is 16.5. The number of rotatable bonds is 1. The summed E-state index contributed by atoms with van der Waals surface area (Å²) in [6.07, 6.45) is 14.2. The van der Waals surface area contributed by atoms with Gasteiger partial charge in [0.2, 0.25) is 0 Å². The second-order valence-corrected chi connectivity index (χ2v) is 9.71. The average molecular weight is 367 g/mol. The lowest BCUT2D eigenvalue weighted by atomic mass is 9.46. The van der Waals surface area contributed by atoms with Crippen LogP contribution in [-0.2, 0) is 9.53 Å². The fourth-order valence-electron chi connectivity index (χ4n) is 7.14. The lowest BCUT2D eigenvalue weighted by molar-refractivity contribution is -0.134. The molecular weight excluding hydrogens is 338 g/mol. The van der Waals surface area contributed by atoms with E-state index in [0.717, 1.165) is 42.9 Å². The van der Waals surface area contributed by atoms with Crippen LogP contribution in [0.2, 0.25) is 0 Å². The van der Waals surface area contributed by atoms with Gasteiger partial charge in [-0.15, -0.1) is 0 Å². The monoisotopic (exact) mass is 367 g/mol. The van der Waals surface area contributed by atoms with Gasteiger partial charge in [0.25, 0.3) is 0 Å². The number of esters is 1. The molecule has 5 atom stereocenters. The normalized spacial score (nSPS) is 44.7.